The summed E-state index contributed by atoms with van der Waals surface area (Å²) >= 11 is 3.47. The third-order valence-electron chi connectivity index (χ3n) is 3.49. The molecule has 6 heteroatoms. The standard InChI is InChI=1S/C14H19BrN4O/c15-11-2-3-12-13(10-11)18-14(17-12)16-4-1-5-19-6-8-20-9-7-19/h2-3,10H,1,4-9H2,(H2,16,17,18). The van der Waals surface area contributed by atoms with E-state index in [1.165, 1.54) is 0 Å². The number of rotatable bonds is 5. The number of ether oxygens (including phenoxy) is 1. The average molecular weight is 339 g/mol. The molecule has 3 rings (SSSR count). The maximum absolute atomic E-state index is 5.34. The zero-order valence-electron chi connectivity index (χ0n) is 11.4. The highest BCUT2D eigenvalue weighted by Gasteiger charge is 2.09. The molecule has 0 spiro atoms. The summed E-state index contributed by atoms with van der Waals surface area (Å²) in [7, 11) is 0. The zero-order chi connectivity index (χ0) is 13.8. The predicted molar refractivity (Wildman–Crippen MR) is 84.2 cm³/mol. The minimum Gasteiger partial charge on any atom is -0.379 e. The number of nitrogens with one attached hydrogen (secondary N) is 2. The summed E-state index contributed by atoms with van der Waals surface area (Å²) in [5.74, 6) is 0.847. The fraction of sp³-hybridized carbons (Fsp3) is 0.500. The van der Waals surface area contributed by atoms with Gasteiger partial charge >= 0.3 is 0 Å². The van der Waals surface area contributed by atoms with Crippen LogP contribution in [0.25, 0.3) is 11.0 Å². The molecule has 1 aromatic heterocycles. The van der Waals surface area contributed by atoms with Gasteiger partial charge in [0.2, 0.25) is 5.95 Å². The molecule has 2 heterocycles. The Kier molecular flexibility index (Phi) is 4.54. The lowest BCUT2D eigenvalue weighted by Gasteiger charge is -2.26. The van der Waals surface area contributed by atoms with E-state index in [1.54, 1.807) is 0 Å². The second-order valence-electron chi connectivity index (χ2n) is 4.98. The van der Waals surface area contributed by atoms with Crippen molar-refractivity contribution in [2.24, 2.45) is 0 Å². The van der Waals surface area contributed by atoms with Crippen LogP contribution in [-0.2, 0) is 4.74 Å². The van der Waals surface area contributed by atoms with E-state index >= 15 is 0 Å². The van der Waals surface area contributed by atoms with Crippen LogP contribution in [0.15, 0.2) is 22.7 Å². The van der Waals surface area contributed by atoms with Gasteiger partial charge in [-0.3, -0.25) is 4.90 Å². The van der Waals surface area contributed by atoms with Gasteiger partial charge in [0.25, 0.3) is 0 Å². The zero-order valence-corrected chi connectivity index (χ0v) is 12.9. The number of benzene rings is 1. The Morgan fingerprint density at radius 1 is 1.35 bits per heavy atom. The Morgan fingerprint density at radius 3 is 3.05 bits per heavy atom. The monoisotopic (exact) mass is 338 g/mol. The number of aromatic amines is 1. The molecule has 0 radical (unpaired) electrons. The number of H-pyrrole nitrogens is 1. The van der Waals surface area contributed by atoms with Crippen molar-refractivity contribution in [2.75, 3.05) is 44.7 Å². The van der Waals surface area contributed by atoms with Crippen molar-refractivity contribution in [3.05, 3.63) is 22.7 Å². The minimum atomic E-state index is 0.847. The van der Waals surface area contributed by atoms with Gasteiger partial charge in [-0.2, -0.15) is 0 Å². The van der Waals surface area contributed by atoms with Gasteiger partial charge in [-0.15, -0.1) is 0 Å². The lowest BCUT2D eigenvalue weighted by molar-refractivity contribution is 0.0378. The van der Waals surface area contributed by atoms with Gasteiger partial charge < -0.3 is 15.0 Å². The molecule has 0 amide bonds. The third-order valence-corrected chi connectivity index (χ3v) is 3.98. The van der Waals surface area contributed by atoms with Crippen molar-refractivity contribution in [3.8, 4) is 0 Å². The van der Waals surface area contributed by atoms with Gasteiger partial charge in [0, 0.05) is 24.1 Å². The Morgan fingerprint density at radius 2 is 2.20 bits per heavy atom. The van der Waals surface area contributed by atoms with E-state index in [4.69, 9.17) is 4.74 Å². The summed E-state index contributed by atoms with van der Waals surface area (Å²) < 4.78 is 6.41. The van der Waals surface area contributed by atoms with Crippen LogP contribution in [0.4, 0.5) is 5.95 Å². The summed E-state index contributed by atoms with van der Waals surface area (Å²) in [5, 5.41) is 3.35. The molecule has 0 saturated carbocycles. The average Bonchev–Trinajstić information content (AvgIpc) is 2.86. The Hall–Kier alpha value is -1.11. The smallest absolute Gasteiger partial charge is 0.201 e. The molecule has 0 unspecified atom stereocenters. The van der Waals surface area contributed by atoms with Crippen LogP contribution in [0, 0.1) is 0 Å². The van der Waals surface area contributed by atoms with Crippen LogP contribution in [0.2, 0.25) is 0 Å². The molecule has 108 valence electrons. The Bertz CT molecular complexity index is 565. The molecule has 1 saturated heterocycles. The molecular formula is C14H19BrN4O. The molecule has 0 atom stereocenters. The van der Waals surface area contributed by atoms with Crippen LogP contribution >= 0.6 is 15.9 Å². The summed E-state index contributed by atoms with van der Waals surface area (Å²) in [6.45, 7) is 5.88. The fourth-order valence-corrected chi connectivity index (χ4v) is 2.76. The number of nitrogens with zero attached hydrogens (tertiary/aromatic N) is 2. The maximum atomic E-state index is 5.34. The lowest BCUT2D eigenvalue weighted by Crippen LogP contribution is -2.37. The molecule has 2 N–H and O–H groups in total. The molecule has 0 bridgehead atoms. The van der Waals surface area contributed by atoms with Crippen LogP contribution < -0.4 is 5.32 Å². The Labute approximate surface area is 126 Å². The van der Waals surface area contributed by atoms with Crippen molar-refractivity contribution in [3.63, 3.8) is 0 Å². The van der Waals surface area contributed by atoms with E-state index in [0.29, 0.717) is 0 Å². The SMILES string of the molecule is Brc1ccc2nc(NCCCN3CCOCC3)[nH]c2c1. The van der Waals surface area contributed by atoms with Crippen molar-refractivity contribution in [2.45, 2.75) is 6.42 Å². The summed E-state index contributed by atoms with van der Waals surface area (Å²) in [5.41, 5.74) is 2.04. The lowest BCUT2D eigenvalue weighted by atomic mass is 10.3. The second-order valence-corrected chi connectivity index (χ2v) is 5.90. The second kappa shape index (κ2) is 6.56. The maximum Gasteiger partial charge on any atom is 0.201 e. The largest absolute Gasteiger partial charge is 0.379 e. The number of anilines is 1. The highest BCUT2D eigenvalue weighted by atomic mass is 79.9. The quantitative estimate of drug-likeness (QED) is 0.822. The number of aromatic nitrogens is 2. The predicted octanol–water partition coefficient (Wildman–Crippen LogP) is 2.46. The molecule has 20 heavy (non-hydrogen) atoms. The number of halogens is 1. The van der Waals surface area contributed by atoms with Gasteiger partial charge in [-0.25, -0.2) is 4.98 Å². The molecule has 1 aliphatic heterocycles. The first kappa shape index (κ1) is 13.9. The van der Waals surface area contributed by atoms with E-state index in [0.717, 1.165) is 67.3 Å². The fourth-order valence-electron chi connectivity index (χ4n) is 2.40. The number of imidazole rings is 1. The Balaban J connectivity index is 1.47. The molecule has 1 aromatic carbocycles. The highest BCUT2D eigenvalue weighted by molar-refractivity contribution is 9.10. The van der Waals surface area contributed by atoms with Crippen LogP contribution in [0.3, 0.4) is 0 Å². The van der Waals surface area contributed by atoms with E-state index in [1.807, 2.05) is 18.2 Å². The summed E-state index contributed by atoms with van der Waals surface area (Å²) in [6.07, 6.45) is 1.11. The summed E-state index contributed by atoms with van der Waals surface area (Å²) in [4.78, 5) is 10.3. The highest BCUT2D eigenvalue weighted by Crippen LogP contribution is 2.19. The first-order chi connectivity index (χ1) is 9.81. The first-order valence-electron chi connectivity index (χ1n) is 7.00. The van der Waals surface area contributed by atoms with Crippen molar-refractivity contribution < 1.29 is 4.74 Å². The van der Waals surface area contributed by atoms with E-state index in [9.17, 15) is 0 Å². The number of fused-ring (bicyclic) bond motifs is 1. The van der Waals surface area contributed by atoms with Crippen molar-refractivity contribution in [1.29, 1.82) is 0 Å². The van der Waals surface area contributed by atoms with Crippen LogP contribution in [-0.4, -0.2) is 54.3 Å². The normalized spacial score (nSPS) is 16.6. The topological polar surface area (TPSA) is 53.2 Å². The van der Waals surface area contributed by atoms with Gasteiger partial charge in [0.15, 0.2) is 0 Å². The third kappa shape index (κ3) is 3.50. The molecule has 5 nitrogen and oxygen atoms in total. The van der Waals surface area contributed by atoms with Gasteiger partial charge in [0.1, 0.15) is 0 Å². The minimum absolute atomic E-state index is 0.847. The van der Waals surface area contributed by atoms with Gasteiger partial charge in [-0.05, 0) is 31.2 Å². The number of hydrogen-bond acceptors (Lipinski definition) is 4. The summed E-state index contributed by atoms with van der Waals surface area (Å²) in [6, 6.07) is 6.06. The molecule has 2 aromatic rings. The molecule has 1 aliphatic rings. The van der Waals surface area contributed by atoms with E-state index in [-0.39, 0.29) is 0 Å². The van der Waals surface area contributed by atoms with Crippen LogP contribution in [0.1, 0.15) is 6.42 Å². The first-order valence-corrected chi connectivity index (χ1v) is 7.80. The van der Waals surface area contributed by atoms with E-state index < -0.39 is 0 Å². The molecule has 1 fully saturated rings. The van der Waals surface area contributed by atoms with Gasteiger partial charge in [-0.1, -0.05) is 15.9 Å². The number of hydrogen-bond donors (Lipinski definition) is 2. The molecular weight excluding hydrogens is 320 g/mol. The van der Waals surface area contributed by atoms with Crippen molar-refractivity contribution >= 4 is 32.9 Å². The molecule has 0 aliphatic carbocycles. The number of morpholine rings is 1. The van der Waals surface area contributed by atoms with Crippen LogP contribution in [0.5, 0.6) is 0 Å². The van der Waals surface area contributed by atoms with Gasteiger partial charge in [0.05, 0.1) is 24.2 Å². The van der Waals surface area contributed by atoms with E-state index in [2.05, 4.69) is 36.1 Å². The van der Waals surface area contributed by atoms with Crippen molar-refractivity contribution in [1.82, 2.24) is 14.9 Å².